The van der Waals surface area contributed by atoms with Gasteiger partial charge >= 0.3 is 17.9 Å². The molecule has 1 fully saturated rings. The fourth-order valence-electron chi connectivity index (χ4n) is 5.20. The first-order chi connectivity index (χ1) is 40.2. The highest BCUT2D eigenvalue weighted by Gasteiger charge is 2.23. The number of hydrogen-bond donors (Lipinski definition) is 3. The van der Waals surface area contributed by atoms with Crippen molar-refractivity contribution in [2.75, 3.05) is 113 Å². The van der Waals surface area contributed by atoms with Crippen LogP contribution < -0.4 is 0 Å². The lowest BCUT2D eigenvalue weighted by molar-refractivity contribution is -0.148. The molecule has 4 atom stereocenters. The van der Waals surface area contributed by atoms with Crippen LogP contribution in [0.15, 0.2) is 63.0 Å². The van der Waals surface area contributed by atoms with Crippen molar-refractivity contribution in [3.05, 3.63) is 63.0 Å². The molecule has 0 aromatic carbocycles. The Balaban J connectivity index is -0.000000225. The third kappa shape index (κ3) is 101. The SMILES string of the molecule is C=CCC(=O)OCC(O)COCC(C)(C)C.C=CCCC(=C)OCC(C)(C)C.C=CCCC(=O)OCCC(C)(C)C.C=CCOCC(C)(C)C.CC(C)(C)COCC1CO1.CCCC(=O)OCC(O)COCC(C)(C)C.COCC(O)COCC(C)(C)C. The van der Waals surface area contributed by atoms with E-state index in [1.54, 1.807) is 19.3 Å². The molecule has 3 N–H and O–H groups in total. The van der Waals surface area contributed by atoms with Gasteiger partial charge in [-0.15, -0.1) is 26.3 Å². The van der Waals surface area contributed by atoms with Gasteiger partial charge in [0, 0.05) is 26.4 Å². The molecule has 17 heteroatoms. The predicted octanol–water partition coefficient (Wildman–Crippen LogP) is 14.5. The smallest absolute Gasteiger partial charge is 0.309 e. The highest BCUT2D eigenvalue weighted by atomic mass is 16.6. The van der Waals surface area contributed by atoms with Crippen molar-refractivity contribution in [2.45, 2.75) is 228 Å². The van der Waals surface area contributed by atoms with E-state index in [1.807, 2.05) is 33.8 Å². The summed E-state index contributed by atoms with van der Waals surface area (Å²) in [5.41, 5.74) is 1.33. The first kappa shape index (κ1) is 95.6. The van der Waals surface area contributed by atoms with Crippen LogP contribution in [-0.2, 0) is 66.5 Å². The molecule has 0 radical (unpaired) electrons. The summed E-state index contributed by atoms with van der Waals surface area (Å²) < 4.78 is 56.4. The van der Waals surface area contributed by atoms with Crippen LogP contribution in [0.1, 0.15) is 204 Å². The first-order valence-electron chi connectivity index (χ1n) is 31.4. The number of hydrogen-bond acceptors (Lipinski definition) is 17. The first-order valence-corrected chi connectivity index (χ1v) is 31.4. The van der Waals surface area contributed by atoms with Gasteiger partial charge in [-0.3, -0.25) is 14.4 Å². The quantitative estimate of drug-likeness (QED) is 0.0134. The third-order valence-corrected chi connectivity index (χ3v) is 9.55. The normalized spacial score (nSPS) is 14.0. The molecular weight excluding hydrogens is 1120 g/mol. The second-order valence-corrected chi connectivity index (χ2v) is 30.2. The maximum atomic E-state index is 11.0. The minimum Gasteiger partial charge on any atom is -0.498 e. The molecule has 524 valence electrons. The molecule has 0 bridgehead atoms. The fourth-order valence-corrected chi connectivity index (χ4v) is 5.20. The van der Waals surface area contributed by atoms with E-state index in [4.69, 9.17) is 52.1 Å². The number of methoxy groups -OCH3 is 1. The van der Waals surface area contributed by atoms with Crippen LogP contribution in [0.4, 0.5) is 0 Å². The topological polar surface area (TPSA) is 217 Å². The average molecular weight is 1260 g/mol. The van der Waals surface area contributed by atoms with Crippen LogP contribution in [0.25, 0.3) is 0 Å². The van der Waals surface area contributed by atoms with Gasteiger partial charge in [-0.25, -0.2) is 0 Å². The zero-order valence-corrected chi connectivity index (χ0v) is 60.7. The molecule has 0 aromatic rings. The van der Waals surface area contributed by atoms with Gasteiger partial charge in [0.05, 0.1) is 105 Å². The van der Waals surface area contributed by atoms with E-state index in [9.17, 15) is 29.7 Å². The van der Waals surface area contributed by atoms with Gasteiger partial charge in [-0.2, -0.15) is 0 Å². The molecule has 1 aliphatic heterocycles. The van der Waals surface area contributed by atoms with Gasteiger partial charge in [0.2, 0.25) is 0 Å². The Labute approximate surface area is 539 Å². The van der Waals surface area contributed by atoms with Crippen LogP contribution >= 0.6 is 0 Å². The van der Waals surface area contributed by atoms with E-state index < -0.39 is 18.3 Å². The number of ether oxygens (including phenoxy) is 11. The standard InChI is InChI=1S/C12H24O4.C12H22O4.C11H20O2.C11H20O.C9H20O3.C8H16O2.C8H16O/c2*1-5-6-11(14)16-8-10(13)7-15-9-12(2,3)4;1-5-6-7-10(12)13-9-8-11(2,3)4;1-6-7-8-10(2)12-9-11(3,4)5;1-9(2,3)7-12-6-8(10)5-11-4;1-8(2,3)6-9-4-7-5-10-7;1-5-6-9-7-8(2,3)4/h10,13H,5-9H2,1-4H3;5,10,13H,1,6-9H2,2-4H3;5H,1,6-9H2,2-4H3;6H,1-2,7-9H2,3-5H3;8,10H,5-7H2,1-4H3;7H,4-6H2,1-3H3;5H,1,6-7H2,2-4H3. The summed E-state index contributed by atoms with van der Waals surface area (Å²) in [5.74, 6) is 0.0937. The molecule has 0 aliphatic carbocycles. The van der Waals surface area contributed by atoms with Gasteiger partial charge in [0.15, 0.2) is 0 Å². The second-order valence-electron chi connectivity index (χ2n) is 30.2. The Kier molecular flexibility index (Phi) is 59.9. The van der Waals surface area contributed by atoms with Gasteiger partial charge < -0.3 is 67.4 Å². The molecule has 1 saturated heterocycles. The molecule has 0 saturated carbocycles. The van der Waals surface area contributed by atoms with E-state index in [1.165, 1.54) is 6.08 Å². The van der Waals surface area contributed by atoms with Crippen LogP contribution in [0.3, 0.4) is 0 Å². The lowest BCUT2D eigenvalue weighted by Gasteiger charge is -2.19. The lowest BCUT2D eigenvalue weighted by atomic mass is 9.93. The molecule has 1 rings (SSSR count). The summed E-state index contributed by atoms with van der Waals surface area (Å²) in [5, 5.41) is 28.1. The molecule has 4 unspecified atom stereocenters. The largest absolute Gasteiger partial charge is 0.498 e. The zero-order chi connectivity index (χ0) is 69.7. The molecule has 17 nitrogen and oxygen atoms in total. The summed E-state index contributed by atoms with van der Waals surface area (Å²) in [7, 11) is 1.56. The maximum Gasteiger partial charge on any atom is 0.309 e. The van der Waals surface area contributed by atoms with Crippen molar-refractivity contribution in [1.29, 1.82) is 0 Å². The Morgan fingerprint density at radius 1 is 0.466 bits per heavy atom. The highest BCUT2D eigenvalue weighted by Crippen LogP contribution is 2.20. The zero-order valence-electron chi connectivity index (χ0n) is 60.7. The van der Waals surface area contributed by atoms with Gasteiger partial charge in [0.25, 0.3) is 0 Å². The minimum absolute atomic E-state index is 0.0168. The van der Waals surface area contributed by atoms with Gasteiger partial charge in [-0.1, -0.05) is 183 Å². The van der Waals surface area contributed by atoms with Crippen molar-refractivity contribution in [3.63, 3.8) is 0 Å². The summed E-state index contributed by atoms with van der Waals surface area (Å²) >= 11 is 0. The van der Waals surface area contributed by atoms with E-state index in [-0.39, 0.29) is 88.7 Å². The highest BCUT2D eigenvalue weighted by molar-refractivity contribution is 5.71. The van der Waals surface area contributed by atoms with E-state index in [2.05, 4.69) is 158 Å². The molecule has 88 heavy (non-hydrogen) atoms. The van der Waals surface area contributed by atoms with Gasteiger partial charge in [-0.05, 0) is 63.6 Å². The summed E-state index contributed by atoms with van der Waals surface area (Å²) in [6.07, 6.45) is 10.5. The molecule has 1 heterocycles. The number of carbonyl (C=O) groups is 3. The number of aliphatic hydroxyl groups excluding tert-OH is 3. The van der Waals surface area contributed by atoms with Crippen LogP contribution in [0, 0.1) is 37.9 Å². The van der Waals surface area contributed by atoms with Crippen LogP contribution in [-0.4, -0.2) is 170 Å². The number of carbonyl (C=O) groups excluding carboxylic acids is 3. The van der Waals surface area contributed by atoms with E-state index >= 15 is 0 Å². The fraction of sp³-hybridized carbons (Fsp3) is 0.817. The molecule has 0 spiro atoms. The Morgan fingerprint density at radius 3 is 1.19 bits per heavy atom. The number of allylic oxidation sites excluding steroid dienone is 3. The van der Waals surface area contributed by atoms with Crippen molar-refractivity contribution < 1.29 is 81.8 Å². The Morgan fingerprint density at radius 2 is 0.841 bits per heavy atom. The lowest BCUT2D eigenvalue weighted by Crippen LogP contribution is -2.26. The summed E-state index contributed by atoms with van der Waals surface area (Å²) in [4.78, 5) is 33.0. The number of aliphatic hydroxyl groups is 3. The summed E-state index contributed by atoms with van der Waals surface area (Å²) in [6.45, 7) is 72.3. The number of rotatable bonds is 35. The summed E-state index contributed by atoms with van der Waals surface area (Å²) in [6, 6.07) is 0. The Bertz CT molecular complexity index is 1710. The molecule has 1 aliphatic rings. The maximum absolute atomic E-state index is 11.0. The van der Waals surface area contributed by atoms with Crippen LogP contribution in [0.2, 0.25) is 0 Å². The molecule has 0 aromatic heterocycles. The third-order valence-electron chi connectivity index (χ3n) is 9.55. The predicted molar refractivity (Wildman–Crippen MR) is 361 cm³/mol. The Hall–Kier alpha value is -3.49. The van der Waals surface area contributed by atoms with Crippen molar-refractivity contribution in [3.8, 4) is 0 Å². The number of epoxide rings is 1. The van der Waals surface area contributed by atoms with E-state index in [0.29, 0.717) is 71.6 Å². The monoisotopic (exact) mass is 1260 g/mol. The van der Waals surface area contributed by atoms with Crippen molar-refractivity contribution in [1.82, 2.24) is 0 Å². The molecule has 0 amide bonds. The number of esters is 3. The van der Waals surface area contributed by atoms with Crippen LogP contribution in [0.5, 0.6) is 0 Å². The van der Waals surface area contributed by atoms with Gasteiger partial charge in [0.1, 0.15) is 37.6 Å². The minimum atomic E-state index is -0.767. The van der Waals surface area contributed by atoms with Crippen molar-refractivity contribution >= 4 is 17.9 Å². The molecular formula is C71H138O17. The average Bonchev–Trinajstić information content (AvgIpc) is 4.19. The van der Waals surface area contributed by atoms with E-state index in [0.717, 1.165) is 64.5 Å². The van der Waals surface area contributed by atoms with Crippen molar-refractivity contribution in [2.24, 2.45) is 37.9 Å². The second kappa shape index (κ2) is 55.2.